The van der Waals surface area contributed by atoms with Crippen LogP contribution in [0.2, 0.25) is 0 Å². The molecule has 1 aromatic rings. The van der Waals surface area contributed by atoms with Crippen LogP contribution < -0.4 is 10.0 Å². The number of hydrogen-bond donors (Lipinski definition) is 2. The summed E-state index contributed by atoms with van der Waals surface area (Å²) in [5, 5.41) is 3.22. The fourth-order valence-electron chi connectivity index (χ4n) is 2.32. The smallest absolute Gasteiger partial charge is 0.240 e. The van der Waals surface area contributed by atoms with Gasteiger partial charge in [-0.15, -0.1) is 0 Å². The lowest BCUT2D eigenvalue weighted by Gasteiger charge is -2.25. The molecule has 0 heterocycles. The quantitative estimate of drug-likeness (QED) is 0.773. The summed E-state index contributed by atoms with van der Waals surface area (Å²) in [4.78, 5) is 0.353. The Labute approximate surface area is 122 Å². The molecule has 1 aliphatic carbocycles. The highest BCUT2D eigenvalue weighted by Gasteiger charge is 2.19. The minimum atomic E-state index is -3.35. The molecule has 0 bridgehead atoms. The fraction of sp³-hybridized carbons (Fsp3) is 0.600. The second kappa shape index (κ2) is 7.20. The highest BCUT2D eigenvalue weighted by Crippen LogP contribution is 2.28. The molecule has 2 rings (SSSR count). The van der Waals surface area contributed by atoms with Gasteiger partial charge in [0.05, 0.1) is 4.90 Å². The van der Waals surface area contributed by atoms with E-state index in [9.17, 15) is 8.42 Å². The van der Waals surface area contributed by atoms with Gasteiger partial charge in [-0.1, -0.05) is 38.3 Å². The predicted molar refractivity (Wildman–Crippen MR) is 81.0 cm³/mol. The summed E-state index contributed by atoms with van der Waals surface area (Å²) in [5.41, 5.74) is 1.10. The molecule has 20 heavy (non-hydrogen) atoms. The van der Waals surface area contributed by atoms with Crippen molar-refractivity contribution in [2.45, 2.75) is 44.0 Å². The van der Waals surface area contributed by atoms with Crippen molar-refractivity contribution in [2.24, 2.45) is 5.92 Å². The topological polar surface area (TPSA) is 58.2 Å². The van der Waals surface area contributed by atoms with Crippen molar-refractivity contribution < 1.29 is 8.42 Å². The van der Waals surface area contributed by atoms with Crippen molar-refractivity contribution in [3.63, 3.8) is 0 Å². The Hall–Kier alpha value is -0.910. The third-order valence-corrected chi connectivity index (χ3v) is 5.36. The van der Waals surface area contributed by atoms with E-state index in [1.807, 2.05) is 19.1 Å². The molecule has 0 atom stereocenters. The Morgan fingerprint density at radius 2 is 1.90 bits per heavy atom. The molecule has 4 nitrogen and oxygen atoms in total. The van der Waals surface area contributed by atoms with Crippen LogP contribution in [0.3, 0.4) is 0 Å². The Morgan fingerprint density at radius 1 is 1.20 bits per heavy atom. The zero-order valence-corrected chi connectivity index (χ0v) is 12.9. The monoisotopic (exact) mass is 296 g/mol. The lowest BCUT2D eigenvalue weighted by atomic mass is 9.83. The van der Waals surface area contributed by atoms with Crippen molar-refractivity contribution in [2.75, 3.05) is 13.1 Å². The molecule has 0 radical (unpaired) electrons. The fourth-order valence-corrected chi connectivity index (χ4v) is 3.37. The molecular weight excluding hydrogens is 272 g/mol. The van der Waals surface area contributed by atoms with Crippen LogP contribution in [0.5, 0.6) is 0 Å². The van der Waals surface area contributed by atoms with E-state index in [1.165, 1.54) is 19.3 Å². The predicted octanol–water partition coefficient (Wildman–Crippen LogP) is 2.26. The van der Waals surface area contributed by atoms with Crippen LogP contribution in [-0.2, 0) is 16.6 Å². The van der Waals surface area contributed by atoms with Gasteiger partial charge in [-0.25, -0.2) is 13.1 Å². The Morgan fingerprint density at radius 3 is 2.45 bits per heavy atom. The molecule has 0 aliphatic heterocycles. The maximum atomic E-state index is 12.1. The first-order valence-electron chi connectivity index (χ1n) is 7.41. The normalized spacial score (nSPS) is 16.1. The van der Waals surface area contributed by atoms with Crippen LogP contribution in [0.15, 0.2) is 29.2 Å². The molecule has 0 aromatic heterocycles. The van der Waals surface area contributed by atoms with Gasteiger partial charge in [0, 0.05) is 13.1 Å². The van der Waals surface area contributed by atoms with Crippen LogP contribution in [0, 0.1) is 5.92 Å². The van der Waals surface area contributed by atoms with Crippen LogP contribution in [0.1, 0.15) is 38.2 Å². The average Bonchev–Trinajstić information content (AvgIpc) is 2.40. The van der Waals surface area contributed by atoms with Gasteiger partial charge in [0.25, 0.3) is 0 Å². The Balaban J connectivity index is 1.87. The molecular formula is C15H24N2O2S. The molecule has 1 fully saturated rings. The largest absolute Gasteiger partial charge is 0.313 e. The van der Waals surface area contributed by atoms with Crippen LogP contribution in [0.4, 0.5) is 0 Å². The number of benzene rings is 1. The molecule has 112 valence electrons. The maximum Gasteiger partial charge on any atom is 0.240 e. The van der Waals surface area contributed by atoms with Gasteiger partial charge >= 0.3 is 0 Å². The molecule has 5 heteroatoms. The number of rotatable bonds is 8. The minimum absolute atomic E-state index is 0.353. The third kappa shape index (κ3) is 4.30. The molecule has 1 aliphatic rings. The summed E-state index contributed by atoms with van der Waals surface area (Å²) in [6, 6.07) is 7.09. The molecule has 1 saturated carbocycles. The lowest BCUT2D eigenvalue weighted by molar-refractivity contribution is 0.297. The van der Waals surface area contributed by atoms with Gasteiger partial charge in [0.1, 0.15) is 0 Å². The summed E-state index contributed by atoms with van der Waals surface area (Å²) < 4.78 is 26.9. The number of sulfonamides is 1. The number of nitrogens with one attached hydrogen (secondary N) is 2. The van der Waals surface area contributed by atoms with E-state index in [-0.39, 0.29) is 0 Å². The molecule has 0 unspecified atom stereocenters. The van der Waals surface area contributed by atoms with Gasteiger partial charge in [-0.2, -0.15) is 0 Å². The summed E-state index contributed by atoms with van der Waals surface area (Å²) in [7, 11) is -3.35. The van der Waals surface area contributed by atoms with Crippen LogP contribution in [-0.4, -0.2) is 21.5 Å². The molecule has 1 aromatic carbocycles. The number of hydrogen-bond acceptors (Lipinski definition) is 3. The van der Waals surface area contributed by atoms with Crippen LogP contribution >= 0.6 is 0 Å². The molecule has 0 spiro atoms. The third-order valence-electron chi connectivity index (χ3n) is 3.88. The van der Waals surface area contributed by atoms with Crippen molar-refractivity contribution >= 4 is 10.0 Å². The second-order valence-corrected chi connectivity index (χ2v) is 7.17. The van der Waals surface area contributed by atoms with E-state index >= 15 is 0 Å². The first-order chi connectivity index (χ1) is 9.62. The van der Waals surface area contributed by atoms with E-state index in [2.05, 4.69) is 10.0 Å². The van der Waals surface area contributed by atoms with E-state index in [1.54, 1.807) is 12.1 Å². The molecule has 2 N–H and O–H groups in total. The maximum absolute atomic E-state index is 12.1. The van der Waals surface area contributed by atoms with Gasteiger partial charge in [0.2, 0.25) is 10.0 Å². The SMILES string of the molecule is CCNCc1ccc(S(=O)(=O)NCCC2CCC2)cc1. The summed E-state index contributed by atoms with van der Waals surface area (Å²) in [6.45, 7) is 4.27. The summed E-state index contributed by atoms with van der Waals surface area (Å²) in [5.74, 6) is 0.722. The lowest BCUT2D eigenvalue weighted by Crippen LogP contribution is -2.27. The zero-order valence-electron chi connectivity index (χ0n) is 12.1. The van der Waals surface area contributed by atoms with E-state index in [4.69, 9.17) is 0 Å². The van der Waals surface area contributed by atoms with Crippen molar-refractivity contribution in [3.05, 3.63) is 29.8 Å². The molecule has 0 saturated heterocycles. The Bertz CT molecular complexity index is 507. The van der Waals surface area contributed by atoms with Crippen molar-refractivity contribution in [3.8, 4) is 0 Å². The van der Waals surface area contributed by atoms with E-state index in [0.717, 1.165) is 31.0 Å². The zero-order chi connectivity index (χ0) is 14.4. The minimum Gasteiger partial charge on any atom is -0.313 e. The average molecular weight is 296 g/mol. The van der Waals surface area contributed by atoms with E-state index in [0.29, 0.717) is 11.4 Å². The second-order valence-electron chi connectivity index (χ2n) is 5.41. The van der Waals surface area contributed by atoms with E-state index < -0.39 is 10.0 Å². The standard InChI is InChI=1S/C15H24N2O2S/c1-2-16-12-14-6-8-15(9-7-14)20(18,19)17-11-10-13-4-3-5-13/h6-9,13,16-17H,2-5,10-12H2,1H3. The first-order valence-corrected chi connectivity index (χ1v) is 8.89. The van der Waals surface area contributed by atoms with Crippen molar-refractivity contribution in [1.29, 1.82) is 0 Å². The Kier molecular flexibility index (Phi) is 5.57. The molecule has 0 amide bonds. The highest BCUT2D eigenvalue weighted by molar-refractivity contribution is 7.89. The van der Waals surface area contributed by atoms with Gasteiger partial charge in [-0.3, -0.25) is 0 Å². The van der Waals surface area contributed by atoms with Crippen molar-refractivity contribution in [1.82, 2.24) is 10.0 Å². The summed E-state index contributed by atoms with van der Waals surface area (Å²) in [6.07, 6.45) is 4.75. The van der Waals surface area contributed by atoms with Crippen LogP contribution in [0.25, 0.3) is 0 Å². The highest BCUT2D eigenvalue weighted by atomic mass is 32.2. The van der Waals surface area contributed by atoms with Gasteiger partial charge in [0.15, 0.2) is 0 Å². The van der Waals surface area contributed by atoms with Gasteiger partial charge in [-0.05, 0) is 36.6 Å². The van der Waals surface area contributed by atoms with Gasteiger partial charge < -0.3 is 5.32 Å². The first kappa shape index (κ1) is 15.5. The summed E-state index contributed by atoms with van der Waals surface area (Å²) >= 11 is 0.